The standard InChI is InChI=1S/C19H21NO4/c1-13(2)18(19(22)23)20-17(21)12-24-16-10-8-15(9-11-16)14-6-4-3-5-7-14/h3-11,13,18H,12H2,1-2H3,(H,20,21)(H,22,23)/p-1/t18-/m0/s1. The van der Waals surface area contributed by atoms with Crippen molar-refractivity contribution in [3.8, 4) is 16.9 Å². The van der Waals surface area contributed by atoms with Crippen molar-refractivity contribution < 1.29 is 19.4 Å². The van der Waals surface area contributed by atoms with E-state index in [1.165, 1.54) is 0 Å². The van der Waals surface area contributed by atoms with E-state index in [2.05, 4.69) is 5.32 Å². The predicted molar refractivity (Wildman–Crippen MR) is 89.1 cm³/mol. The van der Waals surface area contributed by atoms with E-state index in [-0.39, 0.29) is 12.5 Å². The smallest absolute Gasteiger partial charge is 0.258 e. The van der Waals surface area contributed by atoms with E-state index in [1.54, 1.807) is 26.0 Å². The summed E-state index contributed by atoms with van der Waals surface area (Å²) >= 11 is 0. The molecule has 0 aliphatic carbocycles. The molecule has 0 bridgehead atoms. The first-order valence-corrected chi connectivity index (χ1v) is 7.76. The molecule has 0 fully saturated rings. The second-order valence-corrected chi connectivity index (χ2v) is 5.79. The van der Waals surface area contributed by atoms with Crippen LogP contribution in [0.4, 0.5) is 0 Å². The van der Waals surface area contributed by atoms with Gasteiger partial charge >= 0.3 is 0 Å². The SMILES string of the molecule is CC(C)[C@H](NC(=O)COc1ccc(-c2ccccc2)cc1)C(=O)[O-]. The van der Waals surface area contributed by atoms with Gasteiger partial charge in [0.2, 0.25) is 0 Å². The number of nitrogens with one attached hydrogen (secondary N) is 1. The Morgan fingerprint density at radius 3 is 2.12 bits per heavy atom. The molecule has 0 aliphatic rings. The van der Waals surface area contributed by atoms with E-state index in [0.717, 1.165) is 11.1 Å². The Labute approximate surface area is 141 Å². The summed E-state index contributed by atoms with van der Waals surface area (Å²) in [6.07, 6.45) is 0. The van der Waals surface area contributed by atoms with Crippen molar-refractivity contribution in [2.45, 2.75) is 19.9 Å². The van der Waals surface area contributed by atoms with Crippen LogP contribution in [0, 0.1) is 5.92 Å². The maximum Gasteiger partial charge on any atom is 0.258 e. The third-order valence-electron chi connectivity index (χ3n) is 3.57. The second-order valence-electron chi connectivity index (χ2n) is 5.79. The Morgan fingerprint density at radius 2 is 1.58 bits per heavy atom. The summed E-state index contributed by atoms with van der Waals surface area (Å²) in [5, 5.41) is 13.4. The van der Waals surface area contributed by atoms with Crippen molar-refractivity contribution in [2.24, 2.45) is 5.92 Å². The van der Waals surface area contributed by atoms with E-state index >= 15 is 0 Å². The van der Waals surface area contributed by atoms with Crippen LogP contribution in [0.2, 0.25) is 0 Å². The van der Waals surface area contributed by atoms with Gasteiger partial charge in [0.1, 0.15) is 5.75 Å². The lowest BCUT2D eigenvalue weighted by Gasteiger charge is -2.23. The Balaban J connectivity index is 1.90. The summed E-state index contributed by atoms with van der Waals surface area (Å²) in [6.45, 7) is 3.15. The van der Waals surface area contributed by atoms with Crippen LogP contribution >= 0.6 is 0 Å². The Morgan fingerprint density at radius 1 is 1.00 bits per heavy atom. The number of rotatable bonds is 7. The molecular formula is C19H20NO4-. The normalized spacial score (nSPS) is 11.8. The zero-order valence-electron chi connectivity index (χ0n) is 13.7. The number of carbonyl (C=O) groups is 2. The highest BCUT2D eigenvalue weighted by atomic mass is 16.5. The van der Waals surface area contributed by atoms with Gasteiger partial charge in [-0.1, -0.05) is 56.3 Å². The molecule has 0 heterocycles. The van der Waals surface area contributed by atoms with Gasteiger partial charge < -0.3 is 20.0 Å². The summed E-state index contributed by atoms with van der Waals surface area (Å²) in [5.74, 6) is -1.51. The van der Waals surface area contributed by atoms with Gasteiger partial charge in [-0.25, -0.2) is 0 Å². The molecule has 2 aromatic rings. The van der Waals surface area contributed by atoms with Crippen LogP contribution in [0.25, 0.3) is 11.1 Å². The number of hydrogen-bond acceptors (Lipinski definition) is 4. The minimum Gasteiger partial charge on any atom is -0.548 e. The Bertz CT molecular complexity index is 680. The van der Waals surface area contributed by atoms with Crippen LogP contribution in [0.15, 0.2) is 54.6 Å². The number of benzene rings is 2. The second kappa shape index (κ2) is 8.15. The van der Waals surface area contributed by atoms with Crippen LogP contribution in [0.1, 0.15) is 13.8 Å². The number of aliphatic carboxylic acids is 1. The van der Waals surface area contributed by atoms with Crippen molar-refractivity contribution >= 4 is 11.9 Å². The summed E-state index contributed by atoms with van der Waals surface area (Å²) in [6, 6.07) is 16.2. The van der Waals surface area contributed by atoms with Gasteiger partial charge in [0.25, 0.3) is 5.91 Å². The van der Waals surface area contributed by atoms with E-state index in [0.29, 0.717) is 5.75 Å². The topological polar surface area (TPSA) is 78.5 Å². The van der Waals surface area contributed by atoms with Crippen LogP contribution in [-0.4, -0.2) is 24.5 Å². The maximum absolute atomic E-state index is 11.8. The van der Waals surface area contributed by atoms with Gasteiger partial charge in [0.15, 0.2) is 6.61 Å². The molecule has 0 saturated carbocycles. The number of amides is 1. The third-order valence-corrected chi connectivity index (χ3v) is 3.57. The van der Waals surface area contributed by atoms with Gasteiger partial charge in [0.05, 0.1) is 12.0 Å². The first kappa shape index (κ1) is 17.5. The summed E-state index contributed by atoms with van der Waals surface area (Å²) in [4.78, 5) is 22.8. The first-order chi connectivity index (χ1) is 11.5. The minimum atomic E-state index is -1.30. The lowest BCUT2D eigenvalue weighted by molar-refractivity contribution is -0.309. The molecule has 1 N–H and O–H groups in total. The highest BCUT2D eigenvalue weighted by molar-refractivity contribution is 5.83. The van der Waals surface area contributed by atoms with E-state index in [1.807, 2.05) is 42.5 Å². The quantitative estimate of drug-likeness (QED) is 0.839. The molecule has 1 atom stereocenters. The monoisotopic (exact) mass is 326 g/mol. The third kappa shape index (κ3) is 4.84. The van der Waals surface area contributed by atoms with Crippen LogP contribution in [-0.2, 0) is 9.59 Å². The fraction of sp³-hybridized carbons (Fsp3) is 0.263. The largest absolute Gasteiger partial charge is 0.548 e. The average molecular weight is 326 g/mol. The summed E-state index contributed by atoms with van der Waals surface area (Å²) in [5.41, 5.74) is 2.14. The molecule has 0 aromatic heterocycles. The van der Waals surface area contributed by atoms with Crippen LogP contribution in [0.5, 0.6) is 5.75 Å². The van der Waals surface area contributed by atoms with Crippen molar-refractivity contribution in [2.75, 3.05) is 6.61 Å². The van der Waals surface area contributed by atoms with Gasteiger partial charge in [0, 0.05) is 0 Å². The zero-order valence-corrected chi connectivity index (χ0v) is 13.7. The number of carboxylic acids is 1. The predicted octanol–water partition coefficient (Wildman–Crippen LogP) is 1.62. The molecule has 1 amide bonds. The minimum absolute atomic E-state index is 0.249. The number of ether oxygens (including phenoxy) is 1. The van der Waals surface area contributed by atoms with Crippen molar-refractivity contribution in [1.82, 2.24) is 5.32 Å². The highest BCUT2D eigenvalue weighted by Gasteiger charge is 2.17. The van der Waals surface area contributed by atoms with Crippen molar-refractivity contribution in [3.05, 3.63) is 54.6 Å². The molecule has 126 valence electrons. The Hall–Kier alpha value is -2.82. The molecule has 2 aromatic carbocycles. The average Bonchev–Trinajstić information content (AvgIpc) is 2.58. The number of hydrogen-bond donors (Lipinski definition) is 1. The molecule has 0 spiro atoms. The molecule has 5 heteroatoms. The highest BCUT2D eigenvalue weighted by Crippen LogP contribution is 2.21. The molecule has 24 heavy (non-hydrogen) atoms. The molecular weight excluding hydrogens is 306 g/mol. The Kier molecular flexibility index (Phi) is 5.95. The fourth-order valence-corrected chi connectivity index (χ4v) is 2.24. The van der Waals surface area contributed by atoms with E-state index in [4.69, 9.17) is 4.74 Å². The van der Waals surface area contributed by atoms with E-state index in [9.17, 15) is 14.7 Å². The zero-order chi connectivity index (χ0) is 17.5. The number of carboxylic acid groups (broad SMARTS) is 1. The van der Waals surface area contributed by atoms with E-state index < -0.39 is 17.9 Å². The molecule has 5 nitrogen and oxygen atoms in total. The molecule has 0 unspecified atom stereocenters. The van der Waals surface area contributed by atoms with Crippen molar-refractivity contribution in [3.63, 3.8) is 0 Å². The van der Waals surface area contributed by atoms with Gasteiger partial charge in [-0.15, -0.1) is 0 Å². The first-order valence-electron chi connectivity index (χ1n) is 7.76. The maximum atomic E-state index is 11.8. The molecule has 0 saturated heterocycles. The van der Waals surface area contributed by atoms with Crippen LogP contribution in [0.3, 0.4) is 0 Å². The van der Waals surface area contributed by atoms with Gasteiger partial charge in [-0.05, 0) is 29.2 Å². The number of carbonyl (C=O) groups excluding carboxylic acids is 2. The molecule has 0 aliphatic heterocycles. The lowest BCUT2D eigenvalue weighted by atomic mass is 10.1. The van der Waals surface area contributed by atoms with Crippen LogP contribution < -0.4 is 15.2 Å². The fourth-order valence-electron chi connectivity index (χ4n) is 2.24. The van der Waals surface area contributed by atoms with Gasteiger partial charge in [-0.3, -0.25) is 4.79 Å². The molecule has 2 rings (SSSR count). The van der Waals surface area contributed by atoms with Gasteiger partial charge in [-0.2, -0.15) is 0 Å². The van der Waals surface area contributed by atoms with Crippen molar-refractivity contribution in [1.29, 1.82) is 0 Å². The molecule has 0 radical (unpaired) electrons. The lowest BCUT2D eigenvalue weighted by Crippen LogP contribution is -2.51. The summed E-state index contributed by atoms with van der Waals surface area (Å²) < 4.78 is 5.39. The summed E-state index contributed by atoms with van der Waals surface area (Å²) in [7, 11) is 0.